The van der Waals surface area contributed by atoms with E-state index in [-0.39, 0.29) is 11.9 Å². The summed E-state index contributed by atoms with van der Waals surface area (Å²) >= 11 is 3.31. The Hall–Kier alpha value is -1.03. The standard InChI is InChI=1S/C11H13BrO3/c1-7(2)11(13)15-9-5-4-8(12)6-10(9)14-3/h4-7H,1-3H3. The Morgan fingerprint density at radius 2 is 2.00 bits per heavy atom. The first-order chi connectivity index (χ1) is 7.04. The third-order valence-electron chi connectivity index (χ3n) is 1.81. The van der Waals surface area contributed by atoms with Gasteiger partial charge in [0.05, 0.1) is 13.0 Å². The van der Waals surface area contributed by atoms with Crippen molar-refractivity contribution in [3.8, 4) is 11.5 Å². The zero-order valence-corrected chi connectivity index (χ0v) is 10.5. The fraction of sp³-hybridized carbons (Fsp3) is 0.364. The zero-order valence-electron chi connectivity index (χ0n) is 8.91. The minimum atomic E-state index is -0.268. The van der Waals surface area contributed by atoms with Crippen molar-refractivity contribution in [1.29, 1.82) is 0 Å². The predicted octanol–water partition coefficient (Wildman–Crippen LogP) is 3.02. The molecule has 0 N–H and O–H groups in total. The maximum absolute atomic E-state index is 11.4. The first-order valence-corrected chi connectivity index (χ1v) is 5.39. The van der Waals surface area contributed by atoms with Gasteiger partial charge in [0, 0.05) is 4.47 Å². The second-order valence-corrected chi connectivity index (χ2v) is 4.29. The zero-order chi connectivity index (χ0) is 11.4. The topological polar surface area (TPSA) is 35.5 Å². The van der Waals surface area contributed by atoms with Crippen molar-refractivity contribution < 1.29 is 14.3 Å². The fourth-order valence-electron chi connectivity index (χ4n) is 0.952. The summed E-state index contributed by atoms with van der Waals surface area (Å²) in [6, 6.07) is 5.25. The first-order valence-electron chi connectivity index (χ1n) is 4.60. The summed E-state index contributed by atoms with van der Waals surface area (Å²) in [5.41, 5.74) is 0. The Morgan fingerprint density at radius 3 is 2.53 bits per heavy atom. The molecule has 1 aromatic carbocycles. The molecule has 0 aliphatic carbocycles. The van der Waals surface area contributed by atoms with Crippen LogP contribution in [0.25, 0.3) is 0 Å². The van der Waals surface area contributed by atoms with Crippen LogP contribution in [0.5, 0.6) is 11.5 Å². The number of esters is 1. The molecule has 0 unspecified atom stereocenters. The molecule has 0 aliphatic heterocycles. The lowest BCUT2D eigenvalue weighted by atomic mass is 10.2. The van der Waals surface area contributed by atoms with Gasteiger partial charge in [-0.25, -0.2) is 0 Å². The van der Waals surface area contributed by atoms with Crippen LogP contribution in [0.1, 0.15) is 13.8 Å². The van der Waals surface area contributed by atoms with E-state index in [4.69, 9.17) is 9.47 Å². The molecule has 15 heavy (non-hydrogen) atoms. The summed E-state index contributed by atoms with van der Waals surface area (Å²) in [6.07, 6.45) is 0. The van der Waals surface area contributed by atoms with Crippen molar-refractivity contribution in [3.63, 3.8) is 0 Å². The highest BCUT2D eigenvalue weighted by Crippen LogP contribution is 2.30. The van der Waals surface area contributed by atoms with E-state index < -0.39 is 0 Å². The van der Waals surface area contributed by atoms with E-state index in [1.807, 2.05) is 0 Å². The molecule has 1 rings (SSSR count). The van der Waals surface area contributed by atoms with Crippen LogP contribution in [-0.4, -0.2) is 13.1 Å². The van der Waals surface area contributed by atoms with Gasteiger partial charge in [0.2, 0.25) is 0 Å². The summed E-state index contributed by atoms with van der Waals surface area (Å²) in [4.78, 5) is 11.4. The number of carbonyl (C=O) groups excluding carboxylic acids is 1. The monoisotopic (exact) mass is 272 g/mol. The van der Waals surface area contributed by atoms with Gasteiger partial charge in [-0.1, -0.05) is 29.8 Å². The summed E-state index contributed by atoms with van der Waals surface area (Å²) in [5, 5.41) is 0. The van der Waals surface area contributed by atoms with Gasteiger partial charge in [0.25, 0.3) is 0 Å². The molecule has 0 saturated heterocycles. The normalized spacial score (nSPS) is 10.2. The summed E-state index contributed by atoms with van der Waals surface area (Å²) in [7, 11) is 1.54. The SMILES string of the molecule is COc1cc(Br)ccc1OC(=O)C(C)C. The van der Waals surface area contributed by atoms with Crippen molar-refractivity contribution >= 4 is 21.9 Å². The second-order valence-electron chi connectivity index (χ2n) is 3.37. The van der Waals surface area contributed by atoms with Gasteiger partial charge in [-0.15, -0.1) is 0 Å². The minimum Gasteiger partial charge on any atom is -0.493 e. The summed E-state index contributed by atoms with van der Waals surface area (Å²) < 4.78 is 11.1. The number of carbonyl (C=O) groups is 1. The van der Waals surface area contributed by atoms with Gasteiger partial charge in [0.15, 0.2) is 11.5 Å². The molecule has 82 valence electrons. The molecule has 0 aliphatic rings. The lowest BCUT2D eigenvalue weighted by molar-refractivity contribution is -0.137. The predicted molar refractivity (Wildman–Crippen MR) is 61.2 cm³/mol. The molecule has 0 atom stereocenters. The lowest BCUT2D eigenvalue weighted by Crippen LogP contribution is -2.15. The van der Waals surface area contributed by atoms with E-state index >= 15 is 0 Å². The number of halogens is 1. The van der Waals surface area contributed by atoms with Crippen LogP contribution in [-0.2, 0) is 4.79 Å². The van der Waals surface area contributed by atoms with Gasteiger partial charge in [-0.2, -0.15) is 0 Å². The lowest BCUT2D eigenvalue weighted by Gasteiger charge is -2.10. The quantitative estimate of drug-likeness (QED) is 0.627. The van der Waals surface area contributed by atoms with Crippen molar-refractivity contribution in [2.45, 2.75) is 13.8 Å². The Morgan fingerprint density at radius 1 is 1.33 bits per heavy atom. The average Bonchev–Trinajstić information content (AvgIpc) is 2.20. The molecule has 0 saturated carbocycles. The van der Waals surface area contributed by atoms with Crippen molar-refractivity contribution in [2.75, 3.05) is 7.11 Å². The molecule has 0 bridgehead atoms. The largest absolute Gasteiger partial charge is 0.493 e. The van der Waals surface area contributed by atoms with Crippen LogP contribution in [0.4, 0.5) is 0 Å². The second kappa shape index (κ2) is 5.16. The van der Waals surface area contributed by atoms with Crippen molar-refractivity contribution in [2.24, 2.45) is 5.92 Å². The number of hydrogen-bond donors (Lipinski definition) is 0. The Kier molecular flexibility index (Phi) is 4.15. The smallest absolute Gasteiger partial charge is 0.313 e. The molecule has 3 nitrogen and oxygen atoms in total. The van der Waals surface area contributed by atoms with Gasteiger partial charge in [-0.05, 0) is 18.2 Å². The van der Waals surface area contributed by atoms with Gasteiger partial charge < -0.3 is 9.47 Å². The fourth-order valence-corrected chi connectivity index (χ4v) is 1.29. The molecular formula is C11H13BrO3. The highest BCUT2D eigenvalue weighted by molar-refractivity contribution is 9.10. The average molecular weight is 273 g/mol. The Labute approximate surface area is 97.5 Å². The Bertz CT molecular complexity index is 361. The van der Waals surface area contributed by atoms with E-state index in [1.54, 1.807) is 32.0 Å². The number of hydrogen-bond acceptors (Lipinski definition) is 3. The number of methoxy groups -OCH3 is 1. The van der Waals surface area contributed by atoms with Crippen LogP contribution < -0.4 is 9.47 Å². The highest BCUT2D eigenvalue weighted by Gasteiger charge is 2.13. The minimum absolute atomic E-state index is 0.154. The van der Waals surface area contributed by atoms with E-state index in [0.717, 1.165) is 4.47 Å². The van der Waals surface area contributed by atoms with Crippen LogP contribution in [0.15, 0.2) is 22.7 Å². The van der Waals surface area contributed by atoms with Crippen LogP contribution in [0, 0.1) is 5.92 Å². The third kappa shape index (κ3) is 3.23. The van der Waals surface area contributed by atoms with Gasteiger partial charge in [0.1, 0.15) is 0 Å². The number of benzene rings is 1. The molecule has 0 aromatic heterocycles. The maximum atomic E-state index is 11.4. The molecule has 0 fully saturated rings. The molecule has 0 amide bonds. The van der Waals surface area contributed by atoms with Crippen molar-refractivity contribution in [1.82, 2.24) is 0 Å². The third-order valence-corrected chi connectivity index (χ3v) is 2.30. The molecular weight excluding hydrogens is 260 g/mol. The number of rotatable bonds is 3. The molecule has 4 heteroatoms. The molecule has 0 heterocycles. The number of ether oxygens (including phenoxy) is 2. The summed E-state index contributed by atoms with van der Waals surface area (Å²) in [6.45, 7) is 3.57. The first kappa shape index (κ1) is 12.0. The molecule has 0 radical (unpaired) electrons. The molecule has 0 spiro atoms. The van der Waals surface area contributed by atoms with Crippen LogP contribution in [0.3, 0.4) is 0 Å². The van der Waals surface area contributed by atoms with Crippen molar-refractivity contribution in [3.05, 3.63) is 22.7 Å². The van der Waals surface area contributed by atoms with E-state index in [2.05, 4.69) is 15.9 Å². The van der Waals surface area contributed by atoms with E-state index in [9.17, 15) is 4.79 Å². The maximum Gasteiger partial charge on any atom is 0.313 e. The van der Waals surface area contributed by atoms with Gasteiger partial charge >= 0.3 is 5.97 Å². The molecule has 1 aromatic rings. The van der Waals surface area contributed by atoms with Gasteiger partial charge in [-0.3, -0.25) is 4.79 Å². The highest BCUT2D eigenvalue weighted by atomic mass is 79.9. The van der Waals surface area contributed by atoms with Crippen LogP contribution in [0.2, 0.25) is 0 Å². The van der Waals surface area contributed by atoms with E-state index in [1.165, 1.54) is 7.11 Å². The van der Waals surface area contributed by atoms with E-state index in [0.29, 0.717) is 11.5 Å². The summed E-state index contributed by atoms with van der Waals surface area (Å²) in [5.74, 6) is 0.562. The van der Waals surface area contributed by atoms with Crippen LogP contribution >= 0.6 is 15.9 Å². The Balaban J connectivity index is 2.89.